The van der Waals surface area contributed by atoms with Crippen molar-refractivity contribution in [1.82, 2.24) is 19.1 Å². The third-order valence-corrected chi connectivity index (χ3v) is 12.6. The Bertz CT molecular complexity index is 3860. The summed E-state index contributed by atoms with van der Waals surface area (Å²) in [6.07, 6.45) is 3.74. The SMILES string of the molecule is N#Cc1cc(-n2c3ccccc3c3ccc(-c4ccc(-c5ccccc5)nc4)cc32)c(-c2c(F)cccc2F)cc1-n1c2ccccc2c2ccc(-c3ccc(-c4ccccc4)nc3)cc21. The van der Waals surface area contributed by atoms with Crippen LogP contribution in [0.3, 0.4) is 0 Å². The van der Waals surface area contributed by atoms with E-state index in [0.717, 1.165) is 88.4 Å². The standard InChI is InChI=1S/C59H35F2N5/c60-49-18-11-19-50(61)59(49)48-33-55(65-53-20-9-7-16-44(53)46-26-22-39(30-56(46)65)41-24-28-51(63-35-41)37-12-3-1-4-13-37)43(34-62)32-58(48)66-54-21-10-8-17-45(54)47-27-23-40(31-57(47)66)42-25-29-52(64-36-42)38-14-5-2-6-15-38/h1-33,35-36H. The van der Waals surface area contributed by atoms with Crippen LogP contribution in [0.5, 0.6) is 0 Å². The van der Waals surface area contributed by atoms with Crippen LogP contribution >= 0.6 is 0 Å². The van der Waals surface area contributed by atoms with Gasteiger partial charge in [-0.05, 0) is 71.8 Å². The van der Waals surface area contributed by atoms with Crippen LogP contribution in [0, 0.1) is 23.0 Å². The minimum Gasteiger partial charge on any atom is -0.309 e. The van der Waals surface area contributed by atoms with Gasteiger partial charge in [0.15, 0.2) is 0 Å². The summed E-state index contributed by atoms with van der Waals surface area (Å²) in [4.78, 5) is 9.61. The van der Waals surface area contributed by atoms with Crippen LogP contribution in [0.4, 0.5) is 8.78 Å². The van der Waals surface area contributed by atoms with Gasteiger partial charge in [-0.1, -0.05) is 140 Å². The summed E-state index contributed by atoms with van der Waals surface area (Å²) in [7, 11) is 0. The molecule has 0 amide bonds. The van der Waals surface area contributed by atoms with Gasteiger partial charge in [0, 0.05) is 61.8 Å². The predicted molar refractivity (Wildman–Crippen MR) is 263 cm³/mol. The van der Waals surface area contributed by atoms with Crippen LogP contribution in [0.15, 0.2) is 213 Å². The molecule has 66 heavy (non-hydrogen) atoms. The minimum atomic E-state index is -0.714. The van der Waals surface area contributed by atoms with Crippen molar-refractivity contribution in [2.24, 2.45) is 0 Å². The van der Waals surface area contributed by atoms with Crippen molar-refractivity contribution in [3.8, 4) is 73.3 Å². The molecule has 0 spiro atoms. The second-order valence-corrected chi connectivity index (χ2v) is 16.4. The van der Waals surface area contributed by atoms with Gasteiger partial charge in [0.1, 0.15) is 17.7 Å². The Morgan fingerprint density at radius 1 is 0.379 bits per heavy atom. The fraction of sp³-hybridized carbons (Fsp3) is 0. The van der Waals surface area contributed by atoms with Gasteiger partial charge in [0.25, 0.3) is 0 Å². The fourth-order valence-electron chi connectivity index (χ4n) is 9.50. The molecule has 0 fully saturated rings. The second kappa shape index (κ2) is 15.7. The van der Waals surface area contributed by atoms with Gasteiger partial charge < -0.3 is 9.13 Å². The molecule has 0 saturated heterocycles. The topological polar surface area (TPSA) is 59.4 Å². The summed E-state index contributed by atoms with van der Waals surface area (Å²) in [6.45, 7) is 0. The third-order valence-electron chi connectivity index (χ3n) is 12.6. The van der Waals surface area contributed by atoms with Crippen LogP contribution in [-0.2, 0) is 0 Å². The molecule has 8 aromatic carbocycles. The van der Waals surface area contributed by atoms with E-state index >= 15 is 8.78 Å². The van der Waals surface area contributed by atoms with Crippen molar-refractivity contribution >= 4 is 43.6 Å². The van der Waals surface area contributed by atoms with Gasteiger partial charge in [-0.15, -0.1) is 0 Å². The first-order valence-electron chi connectivity index (χ1n) is 21.7. The molecule has 0 aliphatic heterocycles. The molecule has 310 valence electrons. The van der Waals surface area contributed by atoms with Gasteiger partial charge >= 0.3 is 0 Å². The van der Waals surface area contributed by atoms with Crippen molar-refractivity contribution in [1.29, 1.82) is 5.26 Å². The number of fused-ring (bicyclic) bond motifs is 6. The number of aromatic nitrogens is 4. The maximum Gasteiger partial charge on any atom is 0.134 e. The molecule has 7 heteroatoms. The van der Waals surface area contributed by atoms with Crippen molar-refractivity contribution in [3.05, 3.63) is 230 Å². The zero-order chi connectivity index (χ0) is 44.3. The quantitative estimate of drug-likeness (QED) is 0.160. The molecule has 12 rings (SSSR count). The average Bonchev–Trinajstić information content (AvgIpc) is 3.89. The summed E-state index contributed by atoms with van der Waals surface area (Å²) in [6, 6.07) is 66.7. The molecule has 0 aliphatic carbocycles. The highest BCUT2D eigenvalue weighted by Crippen LogP contribution is 2.43. The molecule has 12 aromatic rings. The number of nitriles is 1. The van der Waals surface area contributed by atoms with E-state index in [0.29, 0.717) is 22.5 Å². The molecule has 4 aromatic heterocycles. The average molecular weight is 852 g/mol. The Labute approximate surface area is 378 Å². The van der Waals surface area contributed by atoms with Crippen molar-refractivity contribution < 1.29 is 8.78 Å². The lowest BCUT2D eigenvalue weighted by Gasteiger charge is -2.19. The summed E-state index contributed by atoms with van der Waals surface area (Å²) in [5, 5.41) is 15.0. The first-order valence-corrected chi connectivity index (χ1v) is 21.7. The summed E-state index contributed by atoms with van der Waals surface area (Å²) >= 11 is 0. The number of benzene rings is 8. The molecule has 0 bridgehead atoms. The smallest absolute Gasteiger partial charge is 0.134 e. The Morgan fingerprint density at radius 2 is 0.833 bits per heavy atom. The Morgan fingerprint density at radius 3 is 1.32 bits per heavy atom. The molecule has 0 aliphatic rings. The number of para-hydroxylation sites is 2. The van der Waals surface area contributed by atoms with Gasteiger partial charge in [-0.25, -0.2) is 8.78 Å². The lowest BCUT2D eigenvalue weighted by Crippen LogP contribution is -2.05. The zero-order valence-corrected chi connectivity index (χ0v) is 35.2. The van der Waals surface area contributed by atoms with Gasteiger partial charge in [0.05, 0.1) is 56.0 Å². The number of nitrogens with zero attached hydrogens (tertiary/aromatic N) is 5. The molecule has 0 saturated carbocycles. The van der Waals surface area contributed by atoms with Crippen molar-refractivity contribution in [2.45, 2.75) is 0 Å². The minimum absolute atomic E-state index is 0.188. The lowest BCUT2D eigenvalue weighted by molar-refractivity contribution is 0.589. The molecule has 0 unspecified atom stereocenters. The predicted octanol–water partition coefficient (Wildman–Crippen LogP) is 15.2. The number of hydrogen-bond donors (Lipinski definition) is 0. The number of rotatable bonds is 7. The second-order valence-electron chi connectivity index (χ2n) is 16.4. The van der Waals surface area contributed by atoms with E-state index < -0.39 is 11.6 Å². The molecular weight excluding hydrogens is 817 g/mol. The first kappa shape index (κ1) is 38.7. The molecular formula is C59H35F2N5. The van der Waals surface area contributed by atoms with Gasteiger partial charge in [-0.3, -0.25) is 9.97 Å². The maximum atomic E-state index is 16.4. The highest BCUT2D eigenvalue weighted by molar-refractivity contribution is 6.12. The highest BCUT2D eigenvalue weighted by atomic mass is 19.1. The normalized spacial score (nSPS) is 11.5. The van der Waals surface area contributed by atoms with E-state index in [9.17, 15) is 5.26 Å². The molecule has 0 radical (unpaired) electrons. The number of hydrogen-bond acceptors (Lipinski definition) is 3. The van der Waals surface area contributed by atoms with Crippen LogP contribution in [0.1, 0.15) is 5.56 Å². The third kappa shape index (κ3) is 6.35. The van der Waals surface area contributed by atoms with Crippen LogP contribution in [0.2, 0.25) is 0 Å². The van der Waals surface area contributed by atoms with E-state index in [1.165, 1.54) is 18.2 Å². The monoisotopic (exact) mass is 851 g/mol. The van der Waals surface area contributed by atoms with Crippen LogP contribution in [0.25, 0.3) is 111 Å². The largest absolute Gasteiger partial charge is 0.309 e. The summed E-state index contributed by atoms with van der Waals surface area (Å²) in [5.74, 6) is -1.43. The maximum absolute atomic E-state index is 16.4. The van der Waals surface area contributed by atoms with Crippen molar-refractivity contribution in [2.75, 3.05) is 0 Å². The van der Waals surface area contributed by atoms with Crippen molar-refractivity contribution in [3.63, 3.8) is 0 Å². The Balaban J connectivity index is 1.09. The van der Waals surface area contributed by atoms with E-state index in [2.05, 4.69) is 60.7 Å². The molecule has 0 N–H and O–H groups in total. The van der Waals surface area contributed by atoms with E-state index in [1.807, 2.05) is 137 Å². The molecule has 4 heterocycles. The van der Waals surface area contributed by atoms with Gasteiger partial charge in [-0.2, -0.15) is 5.26 Å². The summed E-state index contributed by atoms with van der Waals surface area (Å²) < 4.78 is 36.9. The van der Waals surface area contributed by atoms with Gasteiger partial charge in [0.2, 0.25) is 0 Å². The molecule has 0 atom stereocenters. The fourth-order valence-corrected chi connectivity index (χ4v) is 9.50. The molecule has 5 nitrogen and oxygen atoms in total. The van der Waals surface area contributed by atoms with E-state index in [1.54, 1.807) is 12.1 Å². The van der Waals surface area contributed by atoms with Crippen LogP contribution in [-0.4, -0.2) is 19.1 Å². The Hall–Kier alpha value is -8.99. The number of halogens is 2. The van der Waals surface area contributed by atoms with E-state index in [4.69, 9.17) is 9.97 Å². The lowest BCUT2D eigenvalue weighted by atomic mass is 9.98. The zero-order valence-electron chi connectivity index (χ0n) is 35.2. The van der Waals surface area contributed by atoms with Crippen LogP contribution < -0.4 is 0 Å². The van der Waals surface area contributed by atoms with E-state index in [-0.39, 0.29) is 5.56 Å². The Kier molecular flexibility index (Phi) is 9.18. The first-order chi connectivity index (χ1) is 32.5. The highest BCUT2D eigenvalue weighted by Gasteiger charge is 2.25. The number of pyridine rings is 2. The summed E-state index contributed by atoms with van der Waals surface area (Å²) in [5.41, 5.74) is 12.2.